The molecule has 36 heavy (non-hydrogen) atoms. The lowest BCUT2D eigenvalue weighted by Gasteiger charge is -2.18. The molecular weight excluding hydrogens is 464 g/mol. The van der Waals surface area contributed by atoms with Gasteiger partial charge in [0.1, 0.15) is 17.1 Å². The largest absolute Gasteiger partial charge is 0.487 e. The Morgan fingerprint density at radius 1 is 0.750 bits per heavy atom. The van der Waals surface area contributed by atoms with Gasteiger partial charge in [-0.1, -0.05) is 54.7 Å². The van der Waals surface area contributed by atoms with E-state index in [9.17, 15) is 0 Å². The number of rotatable bonds is 2. The maximum Gasteiger partial charge on any atom is 0.295 e. The standard InChI is InChI=1S/C32H19O3S/c1-4-17-10-23-16-33-29(24(23)11-18(17)5-1)30-25-12-19-6-2-7-20(19)13-26(25)31(36-30)32-34-27-14-21-8-3-9-22(21)15-28(27)35-32/h1-16,27,29,31H. The normalized spacial score (nSPS) is 26.9. The van der Waals surface area contributed by atoms with E-state index < -0.39 is 0 Å². The summed E-state index contributed by atoms with van der Waals surface area (Å²) in [5.41, 5.74) is 7.31. The van der Waals surface area contributed by atoms with E-state index in [2.05, 4.69) is 91.1 Å². The molecule has 4 aliphatic carbocycles. The van der Waals surface area contributed by atoms with Crippen molar-refractivity contribution in [2.45, 2.75) is 17.5 Å². The van der Waals surface area contributed by atoms with Gasteiger partial charge in [0.15, 0.2) is 6.10 Å². The van der Waals surface area contributed by atoms with Crippen molar-refractivity contribution < 1.29 is 14.2 Å². The van der Waals surface area contributed by atoms with Crippen LogP contribution in [-0.2, 0) is 14.2 Å². The number of fused-ring (bicyclic) bond motifs is 6. The molecule has 3 heterocycles. The van der Waals surface area contributed by atoms with Crippen molar-refractivity contribution in [3.05, 3.63) is 133 Å². The second kappa shape index (κ2) is 6.94. The third-order valence-corrected chi connectivity index (χ3v) is 9.13. The Kier molecular flexibility index (Phi) is 3.75. The molecule has 171 valence electrons. The summed E-state index contributed by atoms with van der Waals surface area (Å²) in [5, 5.41) is 4.81. The first-order valence-electron chi connectivity index (χ1n) is 12.2. The summed E-state index contributed by atoms with van der Waals surface area (Å²) in [6.45, 7) is 0. The van der Waals surface area contributed by atoms with E-state index in [-0.39, 0.29) is 17.5 Å². The zero-order chi connectivity index (χ0) is 23.4. The molecule has 0 N–H and O–H groups in total. The Labute approximate surface area is 211 Å². The van der Waals surface area contributed by atoms with Gasteiger partial charge in [-0.3, -0.25) is 0 Å². The van der Waals surface area contributed by atoms with Gasteiger partial charge >= 0.3 is 0 Å². The van der Waals surface area contributed by atoms with Crippen molar-refractivity contribution in [2.75, 3.05) is 0 Å². The molecule has 1 fully saturated rings. The first kappa shape index (κ1) is 19.5. The van der Waals surface area contributed by atoms with Crippen LogP contribution in [-0.4, -0.2) is 6.10 Å². The maximum absolute atomic E-state index is 6.44. The molecule has 7 aliphatic rings. The summed E-state index contributed by atoms with van der Waals surface area (Å²) in [6, 6.07) is 9.11. The Bertz CT molecular complexity index is 1860. The van der Waals surface area contributed by atoms with Crippen molar-refractivity contribution in [3.8, 4) is 0 Å². The smallest absolute Gasteiger partial charge is 0.295 e. The first-order valence-corrected chi connectivity index (χ1v) is 13.1. The van der Waals surface area contributed by atoms with Crippen molar-refractivity contribution in [2.24, 2.45) is 0 Å². The molecule has 0 spiro atoms. The van der Waals surface area contributed by atoms with Crippen molar-refractivity contribution >= 4 is 47.2 Å². The molecule has 1 radical (unpaired) electrons. The van der Waals surface area contributed by atoms with Gasteiger partial charge in [0.25, 0.3) is 6.29 Å². The Balaban J connectivity index is 1.15. The van der Waals surface area contributed by atoms with E-state index in [1.165, 1.54) is 54.0 Å². The van der Waals surface area contributed by atoms with E-state index in [0.29, 0.717) is 6.29 Å². The van der Waals surface area contributed by atoms with Crippen LogP contribution in [0.4, 0.5) is 0 Å². The van der Waals surface area contributed by atoms with Gasteiger partial charge in [0.05, 0.1) is 6.26 Å². The third-order valence-electron chi connectivity index (χ3n) is 7.76. The number of hydrogen-bond acceptors (Lipinski definition) is 4. The molecule has 0 aromatic heterocycles. The van der Waals surface area contributed by atoms with Crippen LogP contribution >= 0.6 is 11.8 Å². The monoisotopic (exact) mass is 483 g/mol. The van der Waals surface area contributed by atoms with Crippen LogP contribution in [0.25, 0.3) is 35.5 Å². The molecule has 2 aromatic carbocycles. The van der Waals surface area contributed by atoms with E-state index in [1.807, 2.05) is 6.26 Å². The second-order valence-corrected chi connectivity index (χ2v) is 11.0. The average molecular weight is 484 g/mol. The van der Waals surface area contributed by atoms with Crippen LogP contribution in [0.5, 0.6) is 0 Å². The fraction of sp³-hybridized carbons (Fsp3) is 0.0938. The summed E-state index contributed by atoms with van der Waals surface area (Å²) in [7, 11) is 0. The summed E-state index contributed by atoms with van der Waals surface area (Å²) in [4.78, 5) is 1.21. The van der Waals surface area contributed by atoms with E-state index in [1.54, 1.807) is 11.8 Å². The average Bonchev–Trinajstić information content (AvgIpc) is 3.70. The van der Waals surface area contributed by atoms with Gasteiger partial charge in [-0.25, -0.2) is 0 Å². The summed E-state index contributed by atoms with van der Waals surface area (Å²) >= 11 is 1.79. The van der Waals surface area contributed by atoms with Crippen LogP contribution in [0.1, 0.15) is 33.6 Å². The minimum Gasteiger partial charge on any atom is -0.487 e. The van der Waals surface area contributed by atoms with E-state index in [0.717, 1.165) is 11.0 Å². The zero-order valence-electron chi connectivity index (χ0n) is 19.1. The van der Waals surface area contributed by atoms with Crippen LogP contribution in [0, 0.1) is 6.29 Å². The molecule has 0 bridgehead atoms. The lowest BCUT2D eigenvalue weighted by Crippen LogP contribution is -2.20. The Morgan fingerprint density at radius 3 is 2.44 bits per heavy atom. The SMILES string of the molecule is C1=CC2=CC3O[C](C4SC(C5OC=c6cc7c(cc65)=CC=C7)=c5cc6c(cc54)=CC=C6)OC3=CC2=C1. The number of allylic oxidation sites excluding steroid dienone is 8. The fourth-order valence-electron chi connectivity index (χ4n) is 5.99. The quantitative estimate of drug-likeness (QED) is 0.647. The van der Waals surface area contributed by atoms with Crippen LogP contribution in [0.3, 0.4) is 0 Å². The van der Waals surface area contributed by atoms with Crippen molar-refractivity contribution in [1.82, 2.24) is 0 Å². The van der Waals surface area contributed by atoms with E-state index >= 15 is 0 Å². The van der Waals surface area contributed by atoms with Crippen LogP contribution in [0.15, 0.2) is 83.7 Å². The van der Waals surface area contributed by atoms with Crippen LogP contribution in [0.2, 0.25) is 0 Å². The number of thioether (sulfide) groups is 1. The first-order chi connectivity index (χ1) is 17.8. The Hall–Kier alpha value is -3.73. The lowest BCUT2D eigenvalue weighted by atomic mass is 9.99. The van der Waals surface area contributed by atoms with Gasteiger partial charge in [-0.15, -0.1) is 11.8 Å². The number of ether oxygens (including phenoxy) is 3. The molecule has 4 heteroatoms. The van der Waals surface area contributed by atoms with Gasteiger partial charge in [-0.2, -0.15) is 0 Å². The predicted octanol–water partition coefficient (Wildman–Crippen LogP) is 3.93. The maximum atomic E-state index is 6.44. The molecule has 1 saturated heterocycles. The number of benzene rings is 2. The highest BCUT2D eigenvalue weighted by atomic mass is 32.2. The van der Waals surface area contributed by atoms with Gasteiger partial charge in [-0.05, 0) is 79.9 Å². The number of hydrogen-bond donors (Lipinski definition) is 0. The highest BCUT2D eigenvalue weighted by Gasteiger charge is 2.45. The molecule has 3 atom stereocenters. The minimum absolute atomic E-state index is 0.0566. The molecule has 3 nitrogen and oxygen atoms in total. The molecular formula is C32H19O3S. The molecule has 2 aromatic rings. The van der Waals surface area contributed by atoms with Crippen molar-refractivity contribution in [3.63, 3.8) is 0 Å². The summed E-state index contributed by atoms with van der Waals surface area (Å²) in [6.07, 6.45) is 25.7. The van der Waals surface area contributed by atoms with Gasteiger partial charge in [0, 0.05) is 15.7 Å². The molecule has 0 amide bonds. The molecule has 3 unspecified atom stereocenters. The zero-order valence-corrected chi connectivity index (χ0v) is 19.9. The van der Waals surface area contributed by atoms with Crippen LogP contribution < -0.4 is 20.9 Å². The fourth-order valence-corrected chi connectivity index (χ4v) is 7.37. The molecule has 3 aliphatic heterocycles. The lowest BCUT2D eigenvalue weighted by molar-refractivity contribution is 0.0637. The van der Waals surface area contributed by atoms with Gasteiger partial charge in [0.2, 0.25) is 0 Å². The minimum atomic E-state index is -0.173. The van der Waals surface area contributed by atoms with Crippen molar-refractivity contribution in [1.29, 1.82) is 0 Å². The molecule has 9 rings (SSSR count). The van der Waals surface area contributed by atoms with E-state index in [4.69, 9.17) is 14.2 Å². The van der Waals surface area contributed by atoms with Gasteiger partial charge < -0.3 is 14.2 Å². The predicted molar refractivity (Wildman–Crippen MR) is 143 cm³/mol. The molecule has 0 saturated carbocycles. The summed E-state index contributed by atoms with van der Waals surface area (Å²) in [5.74, 6) is 0.864. The third kappa shape index (κ3) is 2.63. The summed E-state index contributed by atoms with van der Waals surface area (Å²) < 4.78 is 19.2. The highest BCUT2D eigenvalue weighted by Crippen LogP contribution is 2.54. The highest BCUT2D eigenvalue weighted by molar-refractivity contribution is 8.08. The second-order valence-electron chi connectivity index (χ2n) is 9.84. The Morgan fingerprint density at radius 2 is 1.56 bits per heavy atom. The topological polar surface area (TPSA) is 27.7 Å².